The lowest BCUT2D eigenvalue weighted by atomic mass is 10.2. The fourth-order valence-electron chi connectivity index (χ4n) is 1.90. The van der Waals surface area contributed by atoms with Gasteiger partial charge in [-0.3, -0.25) is 9.59 Å². The molecule has 1 aliphatic rings. The lowest BCUT2D eigenvalue weighted by Gasteiger charge is -2.10. The van der Waals surface area contributed by atoms with Gasteiger partial charge in [-0.15, -0.1) is 11.3 Å². The Morgan fingerprint density at radius 3 is 3.11 bits per heavy atom. The van der Waals surface area contributed by atoms with E-state index in [0.29, 0.717) is 19.4 Å². The number of rotatable bonds is 5. The minimum atomic E-state index is -0.334. The first-order chi connectivity index (χ1) is 8.65. The van der Waals surface area contributed by atoms with Crippen LogP contribution in [0.2, 0.25) is 0 Å². The minimum absolute atomic E-state index is 0.0339. The Balaban J connectivity index is 1.63. The smallest absolute Gasteiger partial charge is 0.242 e. The molecule has 1 saturated heterocycles. The van der Waals surface area contributed by atoms with E-state index in [1.807, 2.05) is 12.3 Å². The predicted molar refractivity (Wildman–Crippen MR) is 69.3 cm³/mol. The molecular formula is C12H17N3O2S. The number of amides is 2. The molecule has 2 rings (SSSR count). The summed E-state index contributed by atoms with van der Waals surface area (Å²) in [5.41, 5.74) is 1.05. The van der Waals surface area contributed by atoms with Gasteiger partial charge in [-0.2, -0.15) is 0 Å². The Morgan fingerprint density at radius 2 is 2.50 bits per heavy atom. The summed E-state index contributed by atoms with van der Waals surface area (Å²) < 4.78 is 0. The van der Waals surface area contributed by atoms with Crippen molar-refractivity contribution in [2.45, 2.75) is 38.6 Å². The highest BCUT2D eigenvalue weighted by atomic mass is 32.1. The number of nitrogens with zero attached hydrogens (tertiary/aromatic N) is 1. The van der Waals surface area contributed by atoms with Crippen LogP contribution in [0.15, 0.2) is 5.38 Å². The number of aryl methyl sites for hydroxylation is 2. The van der Waals surface area contributed by atoms with E-state index >= 15 is 0 Å². The maximum Gasteiger partial charge on any atom is 0.242 e. The van der Waals surface area contributed by atoms with Crippen LogP contribution in [-0.4, -0.2) is 29.4 Å². The van der Waals surface area contributed by atoms with E-state index in [9.17, 15) is 9.59 Å². The lowest BCUT2D eigenvalue weighted by molar-refractivity contribution is -0.125. The van der Waals surface area contributed by atoms with E-state index in [4.69, 9.17) is 0 Å². The van der Waals surface area contributed by atoms with Crippen LogP contribution in [0.25, 0.3) is 0 Å². The van der Waals surface area contributed by atoms with Crippen molar-refractivity contribution in [3.63, 3.8) is 0 Å². The zero-order chi connectivity index (χ0) is 13.0. The zero-order valence-electron chi connectivity index (χ0n) is 10.4. The third-order valence-electron chi connectivity index (χ3n) is 2.85. The van der Waals surface area contributed by atoms with E-state index in [-0.39, 0.29) is 17.9 Å². The van der Waals surface area contributed by atoms with Crippen molar-refractivity contribution in [3.8, 4) is 0 Å². The number of hydrogen-bond donors (Lipinski definition) is 2. The standard InChI is InChI=1S/C12H17N3O2S/c1-8-7-18-11(14-8)3-2-6-13-12(17)9-4-5-10(16)15-9/h7,9H,2-6H2,1H3,(H,13,17)(H,15,16). The van der Waals surface area contributed by atoms with E-state index < -0.39 is 0 Å². The van der Waals surface area contributed by atoms with Crippen molar-refractivity contribution in [2.24, 2.45) is 0 Å². The normalized spacial score (nSPS) is 18.7. The monoisotopic (exact) mass is 267 g/mol. The zero-order valence-corrected chi connectivity index (χ0v) is 11.2. The Hall–Kier alpha value is -1.43. The maximum atomic E-state index is 11.7. The van der Waals surface area contributed by atoms with Gasteiger partial charge in [-0.1, -0.05) is 0 Å². The van der Waals surface area contributed by atoms with Gasteiger partial charge < -0.3 is 10.6 Å². The Bertz CT molecular complexity index is 444. The molecule has 6 heteroatoms. The molecule has 5 nitrogen and oxygen atoms in total. The molecule has 0 radical (unpaired) electrons. The molecule has 1 atom stereocenters. The van der Waals surface area contributed by atoms with Crippen LogP contribution in [0.5, 0.6) is 0 Å². The van der Waals surface area contributed by atoms with E-state index in [1.165, 1.54) is 0 Å². The van der Waals surface area contributed by atoms with Gasteiger partial charge in [0.2, 0.25) is 11.8 Å². The second kappa shape index (κ2) is 5.95. The minimum Gasteiger partial charge on any atom is -0.354 e. The van der Waals surface area contributed by atoms with Crippen LogP contribution < -0.4 is 10.6 Å². The van der Waals surface area contributed by atoms with Gasteiger partial charge in [0.1, 0.15) is 6.04 Å². The molecule has 1 aromatic heterocycles. The summed E-state index contributed by atoms with van der Waals surface area (Å²) >= 11 is 1.65. The molecular weight excluding hydrogens is 250 g/mol. The lowest BCUT2D eigenvalue weighted by Crippen LogP contribution is -2.41. The summed E-state index contributed by atoms with van der Waals surface area (Å²) in [5, 5.41) is 8.64. The molecule has 0 spiro atoms. The van der Waals surface area contributed by atoms with Crippen molar-refractivity contribution in [3.05, 3.63) is 16.1 Å². The summed E-state index contributed by atoms with van der Waals surface area (Å²) in [6, 6.07) is -0.334. The molecule has 0 aromatic carbocycles. The second-order valence-corrected chi connectivity index (χ2v) is 5.38. The van der Waals surface area contributed by atoms with Crippen LogP contribution in [0.1, 0.15) is 30.0 Å². The van der Waals surface area contributed by atoms with Gasteiger partial charge in [0, 0.05) is 30.5 Å². The summed E-state index contributed by atoms with van der Waals surface area (Å²) in [4.78, 5) is 27.0. The molecule has 98 valence electrons. The number of aromatic nitrogens is 1. The van der Waals surface area contributed by atoms with Gasteiger partial charge in [0.05, 0.1) is 5.01 Å². The van der Waals surface area contributed by atoms with Crippen molar-refractivity contribution in [1.82, 2.24) is 15.6 Å². The van der Waals surface area contributed by atoms with Gasteiger partial charge >= 0.3 is 0 Å². The van der Waals surface area contributed by atoms with Crippen molar-refractivity contribution in [1.29, 1.82) is 0 Å². The van der Waals surface area contributed by atoms with Crippen molar-refractivity contribution >= 4 is 23.2 Å². The molecule has 2 heterocycles. The molecule has 18 heavy (non-hydrogen) atoms. The quantitative estimate of drug-likeness (QED) is 0.774. The van der Waals surface area contributed by atoms with Gasteiger partial charge in [0.25, 0.3) is 0 Å². The fraction of sp³-hybridized carbons (Fsp3) is 0.583. The van der Waals surface area contributed by atoms with E-state index in [2.05, 4.69) is 15.6 Å². The van der Waals surface area contributed by atoms with E-state index in [0.717, 1.165) is 23.5 Å². The third kappa shape index (κ3) is 3.53. The van der Waals surface area contributed by atoms with Crippen LogP contribution in [0.3, 0.4) is 0 Å². The largest absolute Gasteiger partial charge is 0.354 e. The molecule has 2 amide bonds. The first-order valence-electron chi connectivity index (χ1n) is 6.13. The topological polar surface area (TPSA) is 71.1 Å². The summed E-state index contributed by atoms with van der Waals surface area (Å²) in [6.45, 7) is 2.61. The Kier molecular flexibility index (Phi) is 4.30. The third-order valence-corrected chi connectivity index (χ3v) is 3.87. The molecule has 1 fully saturated rings. The van der Waals surface area contributed by atoms with E-state index in [1.54, 1.807) is 11.3 Å². The van der Waals surface area contributed by atoms with Crippen LogP contribution in [0, 0.1) is 6.92 Å². The first-order valence-corrected chi connectivity index (χ1v) is 7.01. The molecule has 1 aliphatic heterocycles. The number of nitrogens with one attached hydrogen (secondary N) is 2. The maximum absolute atomic E-state index is 11.7. The number of thiazole rings is 1. The average Bonchev–Trinajstić information content (AvgIpc) is 2.93. The first kappa shape index (κ1) is 13.0. The summed E-state index contributed by atoms with van der Waals surface area (Å²) in [5.74, 6) is -0.107. The summed E-state index contributed by atoms with van der Waals surface area (Å²) in [6.07, 6.45) is 2.82. The van der Waals surface area contributed by atoms with Crippen LogP contribution in [0.4, 0.5) is 0 Å². The highest BCUT2D eigenvalue weighted by molar-refractivity contribution is 7.09. The highest BCUT2D eigenvalue weighted by Gasteiger charge is 2.26. The summed E-state index contributed by atoms with van der Waals surface area (Å²) in [7, 11) is 0. The second-order valence-electron chi connectivity index (χ2n) is 4.44. The molecule has 0 bridgehead atoms. The molecule has 0 saturated carbocycles. The number of hydrogen-bond acceptors (Lipinski definition) is 4. The highest BCUT2D eigenvalue weighted by Crippen LogP contribution is 2.10. The van der Waals surface area contributed by atoms with Gasteiger partial charge in [-0.25, -0.2) is 4.98 Å². The average molecular weight is 267 g/mol. The molecule has 1 unspecified atom stereocenters. The number of carbonyl (C=O) groups is 2. The Morgan fingerprint density at radius 1 is 1.67 bits per heavy atom. The fourth-order valence-corrected chi connectivity index (χ4v) is 2.72. The number of carbonyl (C=O) groups excluding carboxylic acids is 2. The SMILES string of the molecule is Cc1csc(CCCNC(=O)C2CCC(=O)N2)n1. The van der Waals surface area contributed by atoms with Crippen LogP contribution >= 0.6 is 11.3 Å². The predicted octanol–water partition coefficient (Wildman–Crippen LogP) is 0.779. The van der Waals surface area contributed by atoms with Crippen LogP contribution in [-0.2, 0) is 16.0 Å². The van der Waals surface area contributed by atoms with Crippen molar-refractivity contribution < 1.29 is 9.59 Å². The van der Waals surface area contributed by atoms with Gasteiger partial charge in [0.15, 0.2) is 0 Å². The Labute approximate surface area is 110 Å². The van der Waals surface area contributed by atoms with Crippen molar-refractivity contribution in [2.75, 3.05) is 6.54 Å². The molecule has 2 N–H and O–H groups in total. The molecule has 1 aromatic rings. The van der Waals surface area contributed by atoms with Gasteiger partial charge in [-0.05, 0) is 19.8 Å². The molecule has 0 aliphatic carbocycles.